The number of carbonyl (C=O) groups is 2. The predicted molar refractivity (Wildman–Crippen MR) is 119 cm³/mol. The summed E-state index contributed by atoms with van der Waals surface area (Å²) in [6, 6.07) is 13.3. The van der Waals surface area contributed by atoms with E-state index in [0.29, 0.717) is 11.3 Å². The van der Waals surface area contributed by atoms with Crippen LogP contribution in [0.2, 0.25) is 0 Å². The van der Waals surface area contributed by atoms with Gasteiger partial charge in [0.25, 0.3) is 5.91 Å². The summed E-state index contributed by atoms with van der Waals surface area (Å²) in [5.74, 6) is -1.29. The number of ketones is 1. The zero-order valence-corrected chi connectivity index (χ0v) is 17.8. The topological polar surface area (TPSA) is 84.3 Å². The monoisotopic (exact) mass is 421 g/mol. The number of hydrogen-bond acceptors (Lipinski definition) is 6. The minimum Gasteiger partial charge on any atom is -0.508 e. The van der Waals surface area contributed by atoms with Gasteiger partial charge in [0.1, 0.15) is 5.75 Å². The Hall–Kier alpha value is -3.32. The van der Waals surface area contributed by atoms with Crippen molar-refractivity contribution in [2.45, 2.75) is 19.4 Å². The minimum absolute atomic E-state index is 0.0905. The van der Waals surface area contributed by atoms with Gasteiger partial charge >= 0.3 is 0 Å². The van der Waals surface area contributed by atoms with Gasteiger partial charge in [-0.3, -0.25) is 14.5 Å². The van der Waals surface area contributed by atoms with Crippen molar-refractivity contribution in [1.29, 1.82) is 0 Å². The molecule has 31 heavy (non-hydrogen) atoms. The second kappa shape index (κ2) is 8.43. The van der Waals surface area contributed by atoms with Crippen molar-refractivity contribution in [2.24, 2.45) is 0 Å². The van der Waals surface area contributed by atoms with Crippen molar-refractivity contribution in [3.05, 3.63) is 65.4 Å². The number of nitrogens with zero attached hydrogens (tertiary/aromatic N) is 3. The van der Waals surface area contributed by atoms with E-state index in [9.17, 15) is 19.8 Å². The molecular formula is C24H27N3O4. The lowest BCUT2D eigenvalue weighted by atomic mass is 9.95. The molecule has 0 bridgehead atoms. The first-order chi connectivity index (χ1) is 14.9. The molecule has 0 saturated carbocycles. The van der Waals surface area contributed by atoms with Crippen molar-refractivity contribution in [3.63, 3.8) is 0 Å². The SMILES string of the molecule is CCC(=O)C1=C(O)C(=O)N(c2ccc(N3CCN(C)CC3)cc2)C1c1ccc(O)cc1. The molecule has 0 radical (unpaired) electrons. The summed E-state index contributed by atoms with van der Waals surface area (Å²) < 4.78 is 0. The van der Waals surface area contributed by atoms with Crippen LogP contribution >= 0.6 is 0 Å². The first-order valence-electron chi connectivity index (χ1n) is 10.5. The van der Waals surface area contributed by atoms with Gasteiger partial charge in [-0.05, 0) is 49.0 Å². The lowest BCUT2D eigenvalue weighted by Crippen LogP contribution is -2.44. The second-order valence-electron chi connectivity index (χ2n) is 8.01. The van der Waals surface area contributed by atoms with Crippen molar-refractivity contribution in [1.82, 2.24) is 4.90 Å². The van der Waals surface area contributed by atoms with Crippen LogP contribution in [0, 0.1) is 0 Å². The summed E-state index contributed by atoms with van der Waals surface area (Å²) >= 11 is 0. The first kappa shape index (κ1) is 20.9. The van der Waals surface area contributed by atoms with Crippen molar-refractivity contribution in [2.75, 3.05) is 43.0 Å². The van der Waals surface area contributed by atoms with Gasteiger partial charge in [-0.1, -0.05) is 19.1 Å². The highest BCUT2D eigenvalue weighted by Gasteiger charge is 2.43. The molecule has 2 aromatic carbocycles. The third-order valence-corrected chi connectivity index (χ3v) is 6.03. The van der Waals surface area contributed by atoms with Gasteiger partial charge in [-0.2, -0.15) is 0 Å². The summed E-state index contributed by atoms with van der Waals surface area (Å²) in [6.45, 7) is 5.57. The fourth-order valence-corrected chi connectivity index (χ4v) is 4.21. The Morgan fingerprint density at radius 1 is 0.935 bits per heavy atom. The zero-order chi connectivity index (χ0) is 22.1. The van der Waals surface area contributed by atoms with Crippen LogP contribution in [0.5, 0.6) is 5.75 Å². The largest absolute Gasteiger partial charge is 0.508 e. The number of aromatic hydroxyl groups is 1. The van der Waals surface area contributed by atoms with E-state index in [0.717, 1.165) is 31.9 Å². The Kier molecular flexibility index (Phi) is 5.69. The number of amides is 1. The average molecular weight is 421 g/mol. The molecular weight excluding hydrogens is 394 g/mol. The molecule has 2 heterocycles. The molecule has 162 valence electrons. The van der Waals surface area contributed by atoms with E-state index >= 15 is 0 Å². The van der Waals surface area contributed by atoms with Gasteiger partial charge in [-0.25, -0.2) is 0 Å². The number of phenolic OH excluding ortho intramolecular Hbond substituents is 1. The van der Waals surface area contributed by atoms with Crippen LogP contribution in [0.3, 0.4) is 0 Å². The summed E-state index contributed by atoms with van der Waals surface area (Å²) in [5.41, 5.74) is 2.43. The summed E-state index contributed by atoms with van der Waals surface area (Å²) in [4.78, 5) is 31.7. The Balaban J connectivity index is 1.69. The molecule has 7 heteroatoms. The third-order valence-electron chi connectivity index (χ3n) is 6.03. The number of Topliss-reactive ketones (excluding diaryl/α,β-unsaturated/α-hetero) is 1. The summed E-state index contributed by atoms with van der Waals surface area (Å²) in [6.07, 6.45) is 0.178. The number of benzene rings is 2. The van der Waals surface area contributed by atoms with Gasteiger partial charge in [-0.15, -0.1) is 0 Å². The number of likely N-dealkylation sites (N-methyl/N-ethyl adjacent to an activating group) is 1. The maximum absolute atomic E-state index is 13.0. The molecule has 0 aromatic heterocycles. The molecule has 2 aromatic rings. The molecule has 2 aliphatic heterocycles. The number of carbonyl (C=O) groups excluding carboxylic acids is 2. The van der Waals surface area contributed by atoms with E-state index in [4.69, 9.17) is 0 Å². The van der Waals surface area contributed by atoms with Crippen LogP contribution < -0.4 is 9.80 Å². The predicted octanol–water partition coefficient (Wildman–Crippen LogP) is 3.02. The maximum Gasteiger partial charge on any atom is 0.294 e. The van der Waals surface area contributed by atoms with E-state index in [2.05, 4.69) is 16.8 Å². The molecule has 2 N–H and O–H groups in total. The molecule has 1 unspecified atom stereocenters. The van der Waals surface area contributed by atoms with Crippen LogP contribution in [0.25, 0.3) is 0 Å². The minimum atomic E-state index is -0.741. The Labute approximate surface area is 181 Å². The molecule has 2 aliphatic rings. The maximum atomic E-state index is 13.0. The Bertz CT molecular complexity index is 1010. The summed E-state index contributed by atoms with van der Waals surface area (Å²) in [7, 11) is 2.11. The molecule has 1 amide bonds. The molecule has 0 spiro atoms. The first-order valence-corrected chi connectivity index (χ1v) is 10.5. The van der Waals surface area contributed by atoms with Crippen LogP contribution in [0.15, 0.2) is 59.9 Å². The van der Waals surface area contributed by atoms with Crippen LogP contribution in [-0.4, -0.2) is 60.0 Å². The number of piperazine rings is 1. The van der Waals surface area contributed by atoms with Crippen molar-refractivity contribution < 1.29 is 19.8 Å². The highest BCUT2D eigenvalue weighted by Crippen LogP contribution is 2.42. The smallest absolute Gasteiger partial charge is 0.294 e. The van der Waals surface area contributed by atoms with Crippen LogP contribution in [-0.2, 0) is 9.59 Å². The van der Waals surface area contributed by atoms with Gasteiger partial charge < -0.3 is 20.0 Å². The average Bonchev–Trinajstić information content (AvgIpc) is 3.05. The normalized spacial score (nSPS) is 19.9. The van der Waals surface area contributed by atoms with E-state index in [1.165, 1.54) is 17.0 Å². The van der Waals surface area contributed by atoms with Gasteiger partial charge in [0.15, 0.2) is 11.5 Å². The fourth-order valence-electron chi connectivity index (χ4n) is 4.21. The highest BCUT2D eigenvalue weighted by atomic mass is 16.3. The summed E-state index contributed by atoms with van der Waals surface area (Å²) in [5, 5.41) is 20.2. The molecule has 1 fully saturated rings. The zero-order valence-electron chi connectivity index (χ0n) is 17.8. The van der Waals surface area contributed by atoms with Gasteiger partial charge in [0.2, 0.25) is 0 Å². The molecule has 0 aliphatic carbocycles. The van der Waals surface area contributed by atoms with Crippen molar-refractivity contribution in [3.8, 4) is 5.75 Å². The quantitative estimate of drug-likeness (QED) is 0.772. The van der Waals surface area contributed by atoms with E-state index in [-0.39, 0.29) is 23.5 Å². The van der Waals surface area contributed by atoms with E-state index in [1.54, 1.807) is 19.1 Å². The number of aliphatic hydroxyl groups is 1. The lowest BCUT2D eigenvalue weighted by Gasteiger charge is -2.34. The third kappa shape index (κ3) is 3.88. The van der Waals surface area contributed by atoms with Crippen molar-refractivity contribution >= 4 is 23.1 Å². The Morgan fingerprint density at radius 2 is 1.52 bits per heavy atom. The van der Waals surface area contributed by atoms with E-state index in [1.807, 2.05) is 24.3 Å². The lowest BCUT2D eigenvalue weighted by molar-refractivity contribution is -0.118. The van der Waals surface area contributed by atoms with E-state index < -0.39 is 17.7 Å². The number of hydrogen-bond donors (Lipinski definition) is 2. The standard InChI is InChI=1S/C24H27N3O4/c1-3-20(29)21-22(16-4-10-19(28)11-5-16)27(24(31)23(21)30)18-8-6-17(7-9-18)26-14-12-25(2)13-15-26/h4-11,22,28,30H,3,12-15H2,1-2H3. The number of anilines is 2. The number of aliphatic hydroxyl groups excluding tert-OH is 1. The van der Waals surface area contributed by atoms with Gasteiger partial charge in [0.05, 0.1) is 11.6 Å². The highest BCUT2D eigenvalue weighted by molar-refractivity contribution is 6.16. The number of rotatable bonds is 5. The molecule has 1 saturated heterocycles. The van der Waals surface area contributed by atoms with Crippen LogP contribution in [0.4, 0.5) is 11.4 Å². The fraction of sp³-hybridized carbons (Fsp3) is 0.333. The Morgan fingerprint density at radius 3 is 2.10 bits per heavy atom. The molecule has 1 atom stereocenters. The number of phenols is 1. The second-order valence-corrected chi connectivity index (χ2v) is 8.01. The van der Waals surface area contributed by atoms with Gasteiger partial charge in [0, 0.05) is 44.0 Å². The molecule has 4 rings (SSSR count). The molecule has 7 nitrogen and oxygen atoms in total. The van der Waals surface area contributed by atoms with Crippen LogP contribution in [0.1, 0.15) is 24.9 Å².